The molecule has 104 valence electrons. The summed E-state index contributed by atoms with van der Waals surface area (Å²) in [4.78, 5) is 19.2. The first-order valence-corrected chi connectivity index (χ1v) is 6.85. The first kappa shape index (κ1) is 12.9. The van der Waals surface area contributed by atoms with Gasteiger partial charge in [0.1, 0.15) is 6.33 Å². The van der Waals surface area contributed by atoms with E-state index in [2.05, 4.69) is 37.2 Å². The molecule has 0 amide bonds. The highest BCUT2D eigenvalue weighted by molar-refractivity contribution is 5.49. The van der Waals surface area contributed by atoms with Crippen LogP contribution in [0, 0.1) is 0 Å². The second-order valence-electron chi connectivity index (χ2n) is 5.16. The van der Waals surface area contributed by atoms with Gasteiger partial charge in [0.15, 0.2) is 0 Å². The van der Waals surface area contributed by atoms with Gasteiger partial charge in [-0.15, -0.1) is 0 Å². The van der Waals surface area contributed by atoms with Gasteiger partial charge in [0.05, 0.1) is 23.8 Å². The van der Waals surface area contributed by atoms with Crippen LogP contribution in [0.1, 0.15) is 24.5 Å². The number of hydrogen-bond donors (Lipinski definition) is 1. The van der Waals surface area contributed by atoms with Gasteiger partial charge in [0, 0.05) is 18.7 Å². The molecule has 6 nitrogen and oxygen atoms in total. The summed E-state index contributed by atoms with van der Waals surface area (Å²) in [5.74, 6) is 1.09. The van der Waals surface area contributed by atoms with Gasteiger partial charge in [-0.05, 0) is 32.5 Å². The van der Waals surface area contributed by atoms with Crippen LogP contribution >= 0.6 is 0 Å². The molecule has 1 unspecified atom stereocenters. The molecule has 0 aromatic carbocycles. The van der Waals surface area contributed by atoms with E-state index in [1.54, 1.807) is 12.4 Å². The zero-order chi connectivity index (χ0) is 13.8. The largest absolute Gasteiger partial charge is 0.322 e. The van der Waals surface area contributed by atoms with Gasteiger partial charge in [-0.3, -0.25) is 0 Å². The Balaban J connectivity index is 1.75. The quantitative estimate of drug-likeness (QED) is 0.917. The second kappa shape index (κ2) is 5.92. The molecule has 0 radical (unpaired) electrons. The van der Waals surface area contributed by atoms with Crippen molar-refractivity contribution in [2.24, 2.45) is 0 Å². The number of likely N-dealkylation sites (tertiary alicyclic amines) is 1. The lowest BCUT2D eigenvalue weighted by atomic mass is 9.95. The van der Waals surface area contributed by atoms with E-state index < -0.39 is 0 Å². The Morgan fingerprint density at radius 3 is 2.95 bits per heavy atom. The number of likely N-dealkylation sites (N-methyl/N-ethyl adjacent to an activating group) is 1. The first-order valence-electron chi connectivity index (χ1n) is 6.85. The van der Waals surface area contributed by atoms with Gasteiger partial charge < -0.3 is 10.2 Å². The molecule has 0 saturated carbocycles. The summed E-state index contributed by atoms with van der Waals surface area (Å²) in [6, 6.07) is 2.01. The van der Waals surface area contributed by atoms with Crippen LogP contribution in [0.2, 0.25) is 0 Å². The van der Waals surface area contributed by atoms with Gasteiger partial charge in [-0.1, -0.05) is 0 Å². The molecule has 2 aromatic heterocycles. The van der Waals surface area contributed by atoms with Crippen LogP contribution in [0.3, 0.4) is 0 Å². The fourth-order valence-corrected chi connectivity index (χ4v) is 2.56. The summed E-state index contributed by atoms with van der Waals surface area (Å²) in [5, 5.41) is 3.13. The number of rotatable bonds is 3. The van der Waals surface area contributed by atoms with Gasteiger partial charge in [-0.2, -0.15) is 0 Å². The van der Waals surface area contributed by atoms with E-state index >= 15 is 0 Å². The molecule has 0 bridgehead atoms. The predicted molar refractivity (Wildman–Crippen MR) is 76.8 cm³/mol. The molecular weight excluding hydrogens is 252 g/mol. The molecule has 0 aliphatic carbocycles. The lowest BCUT2D eigenvalue weighted by molar-refractivity contribution is 0.248. The molecule has 1 aliphatic rings. The normalized spacial score (nSPS) is 19.8. The van der Waals surface area contributed by atoms with Gasteiger partial charge in [0.25, 0.3) is 0 Å². The Morgan fingerprint density at radius 2 is 2.15 bits per heavy atom. The van der Waals surface area contributed by atoms with Crippen LogP contribution < -0.4 is 5.32 Å². The Labute approximate surface area is 118 Å². The Kier molecular flexibility index (Phi) is 3.83. The smallest absolute Gasteiger partial charge is 0.227 e. The van der Waals surface area contributed by atoms with Crippen molar-refractivity contribution in [3.05, 3.63) is 36.7 Å². The Morgan fingerprint density at radius 1 is 1.30 bits per heavy atom. The summed E-state index contributed by atoms with van der Waals surface area (Å²) < 4.78 is 0. The molecular formula is C14H18N6. The summed E-state index contributed by atoms with van der Waals surface area (Å²) in [6.45, 7) is 2.24. The predicted octanol–water partition coefficient (Wildman–Crippen LogP) is 1.82. The van der Waals surface area contributed by atoms with Crippen molar-refractivity contribution in [3.63, 3.8) is 0 Å². The van der Waals surface area contributed by atoms with Crippen molar-refractivity contribution < 1.29 is 0 Å². The third kappa shape index (κ3) is 3.08. The maximum absolute atomic E-state index is 4.62. The molecule has 1 atom stereocenters. The SMILES string of the molecule is CN1CCCC(c2ccnc(Nc3cncnc3)n2)C1. The maximum Gasteiger partial charge on any atom is 0.227 e. The van der Waals surface area contributed by atoms with Gasteiger partial charge in [-0.25, -0.2) is 19.9 Å². The molecule has 1 aliphatic heterocycles. The summed E-state index contributed by atoms with van der Waals surface area (Å²) in [7, 11) is 2.16. The van der Waals surface area contributed by atoms with Crippen molar-refractivity contribution in [2.45, 2.75) is 18.8 Å². The van der Waals surface area contributed by atoms with Crippen molar-refractivity contribution >= 4 is 11.6 Å². The van der Waals surface area contributed by atoms with Crippen molar-refractivity contribution in [1.29, 1.82) is 0 Å². The van der Waals surface area contributed by atoms with E-state index in [1.165, 1.54) is 25.7 Å². The molecule has 1 N–H and O–H groups in total. The van der Waals surface area contributed by atoms with Crippen LogP contribution in [0.15, 0.2) is 31.0 Å². The van der Waals surface area contributed by atoms with E-state index in [9.17, 15) is 0 Å². The topological polar surface area (TPSA) is 66.8 Å². The Bertz CT molecular complexity index is 559. The number of aromatic nitrogens is 4. The summed E-state index contributed by atoms with van der Waals surface area (Å²) >= 11 is 0. The number of hydrogen-bond acceptors (Lipinski definition) is 6. The number of anilines is 2. The second-order valence-corrected chi connectivity index (χ2v) is 5.16. The van der Waals surface area contributed by atoms with Crippen LogP contribution in [0.25, 0.3) is 0 Å². The standard InChI is InChI=1S/C14H18N6/c1-20-6-2-3-11(9-20)13-4-5-17-14(19-13)18-12-7-15-10-16-8-12/h4-5,7-8,10-11H,2-3,6,9H2,1H3,(H,17,18,19). The lowest BCUT2D eigenvalue weighted by Gasteiger charge is -2.29. The van der Waals surface area contributed by atoms with Crippen molar-refractivity contribution in [1.82, 2.24) is 24.8 Å². The Hall–Kier alpha value is -2.08. The molecule has 20 heavy (non-hydrogen) atoms. The number of nitrogens with zero attached hydrogens (tertiary/aromatic N) is 5. The highest BCUT2D eigenvalue weighted by Crippen LogP contribution is 2.25. The van der Waals surface area contributed by atoms with Crippen LogP contribution in [0.5, 0.6) is 0 Å². The molecule has 6 heteroatoms. The highest BCUT2D eigenvalue weighted by Gasteiger charge is 2.20. The average Bonchev–Trinajstić information content (AvgIpc) is 2.49. The zero-order valence-corrected chi connectivity index (χ0v) is 11.5. The molecule has 1 saturated heterocycles. The summed E-state index contributed by atoms with van der Waals surface area (Å²) in [5.41, 5.74) is 1.90. The van der Waals surface area contributed by atoms with Crippen LogP contribution in [-0.4, -0.2) is 45.0 Å². The highest BCUT2D eigenvalue weighted by atomic mass is 15.1. The monoisotopic (exact) mass is 270 g/mol. The van der Waals surface area contributed by atoms with Crippen molar-refractivity contribution in [3.8, 4) is 0 Å². The summed E-state index contributed by atoms with van der Waals surface area (Å²) in [6.07, 6.45) is 9.13. The average molecular weight is 270 g/mol. The molecule has 2 aromatic rings. The third-order valence-electron chi connectivity index (χ3n) is 3.54. The van der Waals surface area contributed by atoms with E-state index in [4.69, 9.17) is 0 Å². The number of nitrogens with one attached hydrogen (secondary N) is 1. The molecule has 3 rings (SSSR count). The molecule has 3 heterocycles. The minimum atomic E-state index is 0.490. The van der Waals surface area contributed by atoms with E-state index in [0.29, 0.717) is 11.9 Å². The lowest BCUT2D eigenvalue weighted by Crippen LogP contribution is -2.31. The fraction of sp³-hybridized carbons (Fsp3) is 0.429. The van der Waals surface area contributed by atoms with Crippen molar-refractivity contribution in [2.75, 3.05) is 25.5 Å². The maximum atomic E-state index is 4.62. The van der Waals surface area contributed by atoms with E-state index in [-0.39, 0.29) is 0 Å². The minimum absolute atomic E-state index is 0.490. The van der Waals surface area contributed by atoms with E-state index in [0.717, 1.165) is 17.9 Å². The first-order chi connectivity index (χ1) is 9.81. The zero-order valence-electron chi connectivity index (χ0n) is 11.5. The van der Waals surface area contributed by atoms with Gasteiger partial charge >= 0.3 is 0 Å². The third-order valence-corrected chi connectivity index (χ3v) is 3.54. The fourth-order valence-electron chi connectivity index (χ4n) is 2.56. The van der Waals surface area contributed by atoms with Crippen LogP contribution in [-0.2, 0) is 0 Å². The molecule has 1 fully saturated rings. The van der Waals surface area contributed by atoms with Crippen LogP contribution in [0.4, 0.5) is 11.6 Å². The molecule has 0 spiro atoms. The van der Waals surface area contributed by atoms with Gasteiger partial charge in [0.2, 0.25) is 5.95 Å². The van der Waals surface area contributed by atoms with E-state index in [1.807, 2.05) is 12.3 Å². The minimum Gasteiger partial charge on any atom is -0.322 e. The number of piperidine rings is 1.